The Morgan fingerprint density at radius 2 is 2.08 bits per heavy atom. The van der Waals surface area contributed by atoms with Gasteiger partial charge in [0.15, 0.2) is 0 Å². The third-order valence-corrected chi connectivity index (χ3v) is 5.43. The van der Waals surface area contributed by atoms with Crippen LogP contribution in [0.3, 0.4) is 0 Å². The molecule has 0 radical (unpaired) electrons. The number of anilines is 1. The van der Waals surface area contributed by atoms with Gasteiger partial charge in [-0.05, 0) is 47.4 Å². The van der Waals surface area contributed by atoms with Crippen LogP contribution in [-0.4, -0.2) is 35.1 Å². The van der Waals surface area contributed by atoms with Crippen molar-refractivity contribution in [2.24, 2.45) is 5.92 Å². The van der Waals surface area contributed by atoms with E-state index in [9.17, 15) is 14.3 Å². The first-order valence-electron chi connectivity index (χ1n) is 8.63. The van der Waals surface area contributed by atoms with Gasteiger partial charge in [0, 0.05) is 25.1 Å². The number of amides is 1. The minimum absolute atomic E-state index is 0.0397. The molecular formula is C20H21FN2O2. The Labute approximate surface area is 146 Å². The first kappa shape index (κ1) is 16.1. The minimum Gasteiger partial charge on any atom is -0.394 e. The fourth-order valence-corrected chi connectivity index (χ4v) is 4.26. The van der Waals surface area contributed by atoms with Crippen LogP contribution < -0.4 is 5.32 Å². The number of fused-ring (bicyclic) bond motifs is 3. The number of hydrogen-bond acceptors (Lipinski definition) is 3. The number of halogens is 1. The Hall–Kier alpha value is -2.40. The summed E-state index contributed by atoms with van der Waals surface area (Å²) < 4.78 is 13.6. The highest BCUT2D eigenvalue weighted by atomic mass is 19.1. The topological polar surface area (TPSA) is 52.6 Å². The molecule has 0 unspecified atom stereocenters. The van der Waals surface area contributed by atoms with Gasteiger partial charge in [-0.3, -0.25) is 4.79 Å². The van der Waals surface area contributed by atoms with E-state index in [1.807, 2.05) is 29.2 Å². The molecule has 25 heavy (non-hydrogen) atoms. The van der Waals surface area contributed by atoms with Gasteiger partial charge in [0.05, 0.1) is 18.7 Å². The van der Waals surface area contributed by atoms with Crippen LogP contribution in [0.5, 0.6) is 0 Å². The fourth-order valence-electron chi connectivity index (χ4n) is 4.26. The highest BCUT2D eigenvalue weighted by Crippen LogP contribution is 2.47. The zero-order valence-electron chi connectivity index (χ0n) is 14.1. The molecule has 0 bridgehead atoms. The Bertz CT molecular complexity index is 823. The first-order valence-corrected chi connectivity index (χ1v) is 8.63. The lowest BCUT2D eigenvalue weighted by Crippen LogP contribution is -2.42. The van der Waals surface area contributed by atoms with Crippen molar-refractivity contribution in [2.75, 3.05) is 18.5 Å². The van der Waals surface area contributed by atoms with E-state index in [0.717, 1.165) is 28.8 Å². The molecule has 0 aliphatic carbocycles. The van der Waals surface area contributed by atoms with Crippen molar-refractivity contribution in [3.05, 3.63) is 53.8 Å². The van der Waals surface area contributed by atoms with E-state index in [1.165, 1.54) is 12.1 Å². The fraction of sp³-hybridized carbons (Fsp3) is 0.350. The standard InChI is InChI=1S/C20H21FN2O2/c1-12(25)23-8-7-16-19(11-24)22-18-6-5-14(10-17(18)20(16)23)13-3-2-4-15(21)9-13/h2-6,9-10,16,19-20,22,24H,7-8,11H2,1H3/t16-,19-,20-/m1/s1. The SMILES string of the molecule is CC(=O)N1CC[C@@H]2[C@@H](CO)Nc3ccc(-c4cccc(F)c4)cc3[C@@H]21. The predicted molar refractivity (Wildman–Crippen MR) is 94.6 cm³/mol. The maximum atomic E-state index is 13.6. The average molecular weight is 340 g/mol. The maximum absolute atomic E-state index is 13.6. The summed E-state index contributed by atoms with van der Waals surface area (Å²) in [5.41, 5.74) is 3.73. The highest BCUT2D eigenvalue weighted by molar-refractivity contribution is 5.76. The quantitative estimate of drug-likeness (QED) is 0.883. The van der Waals surface area contributed by atoms with Crippen LogP contribution in [0.2, 0.25) is 0 Å². The van der Waals surface area contributed by atoms with E-state index in [4.69, 9.17) is 0 Å². The van der Waals surface area contributed by atoms with E-state index < -0.39 is 0 Å². The number of carbonyl (C=O) groups excluding carboxylic acids is 1. The molecule has 130 valence electrons. The lowest BCUT2D eigenvalue weighted by Gasteiger charge is -2.39. The second-order valence-electron chi connectivity index (χ2n) is 6.86. The molecule has 0 spiro atoms. The zero-order chi connectivity index (χ0) is 17.6. The van der Waals surface area contributed by atoms with Gasteiger partial charge in [-0.2, -0.15) is 0 Å². The second kappa shape index (κ2) is 6.15. The van der Waals surface area contributed by atoms with Gasteiger partial charge < -0.3 is 15.3 Å². The van der Waals surface area contributed by atoms with Gasteiger partial charge >= 0.3 is 0 Å². The van der Waals surface area contributed by atoms with E-state index in [0.29, 0.717) is 6.54 Å². The highest BCUT2D eigenvalue weighted by Gasteiger charge is 2.44. The summed E-state index contributed by atoms with van der Waals surface area (Å²) in [6.07, 6.45) is 0.867. The van der Waals surface area contributed by atoms with Gasteiger partial charge in [-0.25, -0.2) is 4.39 Å². The number of aliphatic hydroxyl groups excluding tert-OH is 1. The normalized spacial score (nSPS) is 24.4. The van der Waals surface area contributed by atoms with Crippen molar-refractivity contribution < 1.29 is 14.3 Å². The lowest BCUT2D eigenvalue weighted by molar-refractivity contribution is -0.130. The van der Waals surface area contributed by atoms with E-state index >= 15 is 0 Å². The van der Waals surface area contributed by atoms with Crippen LogP contribution in [-0.2, 0) is 4.79 Å². The number of nitrogens with one attached hydrogen (secondary N) is 1. The van der Waals surface area contributed by atoms with Gasteiger partial charge in [-0.1, -0.05) is 18.2 Å². The number of rotatable bonds is 2. The van der Waals surface area contributed by atoms with Crippen molar-refractivity contribution >= 4 is 11.6 Å². The molecule has 1 fully saturated rings. The van der Waals surface area contributed by atoms with Crippen LogP contribution in [0.25, 0.3) is 11.1 Å². The monoisotopic (exact) mass is 340 g/mol. The summed E-state index contributed by atoms with van der Waals surface area (Å²) in [6.45, 7) is 2.33. The molecule has 2 aromatic carbocycles. The van der Waals surface area contributed by atoms with Crippen LogP contribution in [0.4, 0.5) is 10.1 Å². The molecule has 1 amide bonds. The molecule has 2 aliphatic rings. The molecule has 4 nitrogen and oxygen atoms in total. The van der Waals surface area contributed by atoms with Crippen LogP contribution in [0.1, 0.15) is 24.9 Å². The molecular weight excluding hydrogens is 319 g/mol. The molecule has 5 heteroatoms. The maximum Gasteiger partial charge on any atom is 0.219 e. The number of hydrogen-bond donors (Lipinski definition) is 2. The Balaban J connectivity index is 1.81. The van der Waals surface area contributed by atoms with Crippen molar-refractivity contribution in [1.29, 1.82) is 0 Å². The van der Waals surface area contributed by atoms with Gasteiger partial charge in [0.25, 0.3) is 0 Å². The summed E-state index contributed by atoms with van der Waals surface area (Å²) in [5.74, 6) is -0.0323. The number of nitrogens with zero attached hydrogens (tertiary/aromatic N) is 1. The second-order valence-corrected chi connectivity index (χ2v) is 6.86. The van der Waals surface area contributed by atoms with E-state index in [1.54, 1.807) is 13.0 Å². The molecule has 3 atom stereocenters. The molecule has 0 saturated carbocycles. The summed E-state index contributed by atoms with van der Waals surface area (Å²) in [4.78, 5) is 14.0. The summed E-state index contributed by atoms with van der Waals surface area (Å²) in [7, 11) is 0. The Morgan fingerprint density at radius 3 is 2.80 bits per heavy atom. The first-order chi connectivity index (χ1) is 12.1. The van der Waals surface area contributed by atoms with Crippen LogP contribution >= 0.6 is 0 Å². The van der Waals surface area contributed by atoms with Crippen LogP contribution in [0.15, 0.2) is 42.5 Å². The minimum atomic E-state index is -0.266. The number of aliphatic hydroxyl groups is 1. The number of benzene rings is 2. The Kier molecular flexibility index (Phi) is 3.96. The molecule has 2 aromatic rings. The molecule has 2 heterocycles. The number of likely N-dealkylation sites (tertiary alicyclic amines) is 1. The van der Waals surface area contributed by atoms with Crippen molar-refractivity contribution in [1.82, 2.24) is 4.90 Å². The largest absolute Gasteiger partial charge is 0.394 e. The summed E-state index contributed by atoms with van der Waals surface area (Å²) >= 11 is 0. The molecule has 2 N–H and O–H groups in total. The molecule has 0 aromatic heterocycles. The molecule has 1 saturated heterocycles. The summed E-state index contributed by atoms with van der Waals surface area (Å²) in [6, 6.07) is 12.4. The molecule has 4 rings (SSSR count). The van der Waals surface area contributed by atoms with Crippen molar-refractivity contribution in [3.63, 3.8) is 0 Å². The molecule has 2 aliphatic heterocycles. The summed E-state index contributed by atoms with van der Waals surface area (Å²) in [5, 5.41) is 13.1. The van der Waals surface area contributed by atoms with E-state index in [-0.39, 0.29) is 36.3 Å². The van der Waals surface area contributed by atoms with Crippen LogP contribution in [0, 0.1) is 11.7 Å². The van der Waals surface area contributed by atoms with Crippen molar-refractivity contribution in [2.45, 2.75) is 25.4 Å². The number of carbonyl (C=O) groups is 1. The van der Waals surface area contributed by atoms with Gasteiger partial charge in [0.1, 0.15) is 5.82 Å². The predicted octanol–water partition coefficient (Wildman–Crippen LogP) is 3.19. The van der Waals surface area contributed by atoms with E-state index in [2.05, 4.69) is 5.32 Å². The smallest absolute Gasteiger partial charge is 0.219 e. The van der Waals surface area contributed by atoms with Gasteiger partial charge in [0.2, 0.25) is 5.91 Å². The van der Waals surface area contributed by atoms with Crippen molar-refractivity contribution in [3.8, 4) is 11.1 Å². The average Bonchev–Trinajstić information content (AvgIpc) is 3.06. The Morgan fingerprint density at radius 1 is 1.28 bits per heavy atom. The van der Waals surface area contributed by atoms with Gasteiger partial charge in [-0.15, -0.1) is 0 Å². The zero-order valence-corrected chi connectivity index (χ0v) is 14.1. The third kappa shape index (κ3) is 2.68. The lowest BCUT2D eigenvalue weighted by atomic mass is 9.82. The third-order valence-electron chi connectivity index (χ3n) is 5.43.